The average molecular weight is 287 g/mol. The summed E-state index contributed by atoms with van der Waals surface area (Å²) in [4.78, 5) is 0.946. The number of thiophene rings is 1. The lowest BCUT2D eigenvalue weighted by Gasteiger charge is -2.05. The van der Waals surface area contributed by atoms with Crippen molar-refractivity contribution in [2.24, 2.45) is 0 Å². The van der Waals surface area contributed by atoms with Crippen LogP contribution in [0.25, 0.3) is 16.3 Å². The van der Waals surface area contributed by atoms with Crippen LogP contribution >= 0.6 is 22.9 Å². The Bertz CT molecular complexity index is 755. The lowest BCUT2D eigenvalue weighted by Crippen LogP contribution is -1.98. The van der Waals surface area contributed by atoms with Gasteiger partial charge in [-0.25, -0.2) is 4.68 Å². The zero-order valence-electron chi connectivity index (χ0n) is 9.62. The minimum absolute atomic E-state index is 0.308. The van der Waals surface area contributed by atoms with E-state index in [4.69, 9.17) is 16.9 Å². The molecule has 92 valence electrons. The molecule has 0 saturated heterocycles. The lowest BCUT2D eigenvalue weighted by atomic mass is 10.2. The van der Waals surface area contributed by atoms with Gasteiger partial charge in [-0.3, -0.25) is 0 Å². The molecular formula is C13H7ClN4S. The highest BCUT2D eigenvalue weighted by Crippen LogP contribution is 2.29. The molecule has 19 heavy (non-hydrogen) atoms. The SMILES string of the molecule is N#Cc1nnn(-c2cccc(Cl)c2)c1-c1cccs1. The van der Waals surface area contributed by atoms with Crippen LogP contribution in [0.2, 0.25) is 5.02 Å². The Labute approximate surface area is 118 Å². The maximum atomic E-state index is 9.14. The Kier molecular flexibility index (Phi) is 3.03. The molecule has 0 radical (unpaired) electrons. The summed E-state index contributed by atoms with van der Waals surface area (Å²) >= 11 is 7.53. The van der Waals surface area contributed by atoms with Crippen LogP contribution in [0.4, 0.5) is 0 Å². The first kappa shape index (κ1) is 11.9. The van der Waals surface area contributed by atoms with Crippen molar-refractivity contribution in [1.82, 2.24) is 15.0 Å². The van der Waals surface area contributed by atoms with Crippen molar-refractivity contribution in [3.8, 4) is 22.3 Å². The molecule has 0 spiro atoms. The van der Waals surface area contributed by atoms with Crippen molar-refractivity contribution in [2.45, 2.75) is 0 Å². The Morgan fingerprint density at radius 1 is 1.26 bits per heavy atom. The molecule has 2 aromatic heterocycles. The van der Waals surface area contributed by atoms with Crippen molar-refractivity contribution in [2.75, 3.05) is 0 Å². The van der Waals surface area contributed by atoms with Gasteiger partial charge in [0.2, 0.25) is 0 Å². The topological polar surface area (TPSA) is 54.5 Å². The third-order valence-corrected chi connectivity index (χ3v) is 3.70. The maximum Gasteiger partial charge on any atom is 0.191 e. The predicted molar refractivity (Wildman–Crippen MR) is 74.4 cm³/mol. The van der Waals surface area contributed by atoms with Gasteiger partial charge in [0, 0.05) is 5.02 Å². The normalized spacial score (nSPS) is 10.3. The zero-order valence-corrected chi connectivity index (χ0v) is 11.2. The van der Waals surface area contributed by atoms with Gasteiger partial charge in [0.25, 0.3) is 0 Å². The largest absolute Gasteiger partial charge is 0.211 e. The minimum Gasteiger partial charge on any atom is -0.211 e. The molecule has 0 amide bonds. The number of nitriles is 1. The summed E-state index contributed by atoms with van der Waals surface area (Å²) in [5.74, 6) is 0. The fourth-order valence-electron chi connectivity index (χ4n) is 1.78. The van der Waals surface area contributed by atoms with Gasteiger partial charge in [-0.2, -0.15) is 5.26 Å². The molecule has 0 aliphatic carbocycles. The smallest absolute Gasteiger partial charge is 0.191 e. The number of benzene rings is 1. The quantitative estimate of drug-likeness (QED) is 0.724. The monoisotopic (exact) mass is 286 g/mol. The highest BCUT2D eigenvalue weighted by Gasteiger charge is 2.16. The molecule has 0 aliphatic rings. The summed E-state index contributed by atoms with van der Waals surface area (Å²) in [6.45, 7) is 0. The second-order valence-corrected chi connectivity index (χ2v) is 5.15. The van der Waals surface area contributed by atoms with E-state index in [2.05, 4.69) is 16.4 Å². The van der Waals surface area contributed by atoms with Crippen LogP contribution in [0.15, 0.2) is 41.8 Å². The fraction of sp³-hybridized carbons (Fsp3) is 0. The molecule has 0 bridgehead atoms. The minimum atomic E-state index is 0.308. The molecule has 0 aliphatic heterocycles. The number of hydrogen-bond acceptors (Lipinski definition) is 4. The summed E-state index contributed by atoms with van der Waals surface area (Å²) in [7, 11) is 0. The summed E-state index contributed by atoms with van der Waals surface area (Å²) < 4.78 is 1.64. The highest BCUT2D eigenvalue weighted by molar-refractivity contribution is 7.13. The van der Waals surface area contributed by atoms with Gasteiger partial charge in [0.15, 0.2) is 5.69 Å². The van der Waals surface area contributed by atoms with Crippen molar-refractivity contribution in [1.29, 1.82) is 5.26 Å². The Hall–Kier alpha value is -2.16. The third kappa shape index (κ3) is 2.12. The van der Waals surface area contributed by atoms with Crippen LogP contribution in [0.1, 0.15) is 5.69 Å². The van der Waals surface area contributed by atoms with Gasteiger partial charge in [0.1, 0.15) is 11.8 Å². The average Bonchev–Trinajstić information content (AvgIpc) is 3.07. The van der Waals surface area contributed by atoms with Crippen LogP contribution in [0.5, 0.6) is 0 Å². The summed E-state index contributed by atoms with van der Waals surface area (Å²) in [5.41, 5.74) is 1.78. The van der Waals surface area contributed by atoms with Crippen molar-refractivity contribution in [3.05, 3.63) is 52.5 Å². The van der Waals surface area contributed by atoms with Gasteiger partial charge >= 0.3 is 0 Å². The van der Waals surface area contributed by atoms with Crippen LogP contribution in [0.3, 0.4) is 0 Å². The summed E-state index contributed by atoms with van der Waals surface area (Å²) in [6, 6.07) is 13.2. The number of halogens is 1. The second kappa shape index (κ2) is 4.84. The van der Waals surface area contributed by atoms with Crippen LogP contribution < -0.4 is 0 Å². The number of hydrogen-bond donors (Lipinski definition) is 0. The van der Waals surface area contributed by atoms with E-state index in [0.717, 1.165) is 10.6 Å². The first-order chi connectivity index (χ1) is 9.29. The van der Waals surface area contributed by atoms with E-state index in [9.17, 15) is 0 Å². The van der Waals surface area contributed by atoms with Crippen LogP contribution in [-0.4, -0.2) is 15.0 Å². The highest BCUT2D eigenvalue weighted by atomic mass is 35.5. The molecule has 0 atom stereocenters. The second-order valence-electron chi connectivity index (χ2n) is 3.77. The first-order valence-electron chi connectivity index (χ1n) is 5.45. The molecule has 2 heterocycles. The van der Waals surface area contributed by atoms with E-state index >= 15 is 0 Å². The number of aromatic nitrogens is 3. The van der Waals surface area contributed by atoms with Gasteiger partial charge in [0.05, 0.1) is 10.6 Å². The van der Waals surface area contributed by atoms with Crippen molar-refractivity contribution >= 4 is 22.9 Å². The lowest BCUT2D eigenvalue weighted by molar-refractivity contribution is 0.807. The number of rotatable bonds is 2. The van der Waals surface area contributed by atoms with E-state index in [1.807, 2.05) is 29.6 Å². The molecule has 0 saturated carbocycles. The molecule has 0 N–H and O–H groups in total. The molecule has 1 aromatic carbocycles. The van der Waals surface area contributed by atoms with Gasteiger partial charge in [-0.15, -0.1) is 16.4 Å². The zero-order chi connectivity index (χ0) is 13.2. The van der Waals surface area contributed by atoms with Crippen LogP contribution in [0, 0.1) is 11.3 Å². The maximum absolute atomic E-state index is 9.14. The molecule has 0 fully saturated rings. The van der Waals surface area contributed by atoms with Crippen LogP contribution in [-0.2, 0) is 0 Å². The van der Waals surface area contributed by atoms with Gasteiger partial charge in [-0.1, -0.05) is 28.9 Å². The van der Waals surface area contributed by atoms with E-state index in [0.29, 0.717) is 16.4 Å². The Balaban J connectivity index is 2.24. The molecule has 0 unspecified atom stereocenters. The van der Waals surface area contributed by atoms with E-state index in [1.165, 1.54) is 11.3 Å². The van der Waals surface area contributed by atoms with Crippen molar-refractivity contribution in [3.63, 3.8) is 0 Å². The molecule has 3 aromatic rings. The first-order valence-corrected chi connectivity index (χ1v) is 6.71. The number of nitrogens with zero attached hydrogens (tertiary/aromatic N) is 4. The molecule has 6 heteroatoms. The fourth-order valence-corrected chi connectivity index (χ4v) is 2.72. The van der Waals surface area contributed by atoms with E-state index in [-0.39, 0.29) is 0 Å². The molecule has 4 nitrogen and oxygen atoms in total. The van der Waals surface area contributed by atoms with E-state index < -0.39 is 0 Å². The summed E-state index contributed by atoms with van der Waals surface area (Å²) in [6.07, 6.45) is 0. The standard InChI is InChI=1S/C13H7ClN4S/c14-9-3-1-4-10(7-9)18-13(11(8-15)16-17-18)12-5-2-6-19-12/h1-7H. The van der Waals surface area contributed by atoms with Gasteiger partial charge in [-0.05, 0) is 29.6 Å². The Morgan fingerprint density at radius 2 is 2.16 bits per heavy atom. The van der Waals surface area contributed by atoms with Crippen molar-refractivity contribution < 1.29 is 0 Å². The predicted octanol–water partition coefficient (Wildman–Crippen LogP) is 3.52. The van der Waals surface area contributed by atoms with E-state index in [1.54, 1.807) is 16.8 Å². The molecule has 3 rings (SSSR count). The summed E-state index contributed by atoms with van der Waals surface area (Å²) in [5, 5.41) is 19.7. The third-order valence-electron chi connectivity index (χ3n) is 2.58. The Morgan fingerprint density at radius 3 is 2.84 bits per heavy atom. The molecular weight excluding hydrogens is 280 g/mol. The van der Waals surface area contributed by atoms with Gasteiger partial charge < -0.3 is 0 Å².